The van der Waals surface area contributed by atoms with Crippen molar-refractivity contribution in [2.45, 2.75) is 0 Å². The lowest BCUT2D eigenvalue weighted by Crippen LogP contribution is -2.05. The number of benzene rings is 2. The first-order valence-electron chi connectivity index (χ1n) is 6.79. The quantitative estimate of drug-likeness (QED) is 0.753. The van der Waals surface area contributed by atoms with Crippen LogP contribution in [0, 0.1) is 0 Å². The summed E-state index contributed by atoms with van der Waals surface area (Å²) in [6.45, 7) is 0.656. The Labute approximate surface area is 122 Å². The number of anilines is 1. The average Bonchev–Trinajstić information content (AvgIpc) is 3.04. The monoisotopic (exact) mass is 280 g/mol. The highest BCUT2D eigenvalue weighted by Gasteiger charge is 2.08. The molecule has 0 aliphatic heterocycles. The van der Waals surface area contributed by atoms with Crippen molar-refractivity contribution in [3.63, 3.8) is 0 Å². The van der Waals surface area contributed by atoms with Gasteiger partial charge in [0.15, 0.2) is 5.82 Å². The highest BCUT2D eigenvalue weighted by molar-refractivity contribution is 5.61. The van der Waals surface area contributed by atoms with Crippen LogP contribution >= 0.6 is 0 Å². The van der Waals surface area contributed by atoms with E-state index in [0.29, 0.717) is 6.54 Å². The lowest BCUT2D eigenvalue weighted by atomic mass is 10.2. The number of aliphatic hydroxyl groups excluding tert-OH is 1. The summed E-state index contributed by atoms with van der Waals surface area (Å²) in [6, 6.07) is 17.9. The van der Waals surface area contributed by atoms with Gasteiger partial charge in [-0.25, -0.2) is 0 Å². The Morgan fingerprint density at radius 2 is 1.76 bits per heavy atom. The van der Waals surface area contributed by atoms with Crippen molar-refractivity contribution in [2.75, 3.05) is 18.5 Å². The second-order valence-electron chi connectivity index (χ2n) is 4.59. The van der Waals surface area contributed by atoms with Gasteiger partial charge in [0, 0.05) is 23.5 Å². The zero-order valence-electron chi connectivity index (χ0n) is 11.5. The molecule has 0 aliphatic rings. The van der Waals surface area contributed by atoms with Gasteiger partial charge in [-0.1, -0.05) is 18.2 Å². The summed E-state index contributed by atoms with van der Waals surface area (Å²) in [5, 5.41) is 20.1. The van der Waals surface area contributed by atoms with Gasteiger partial charge >= 0.3 is 0 Å². The fourth-order valence-electron chi connectivity index (χ4n) is 2.15. The molecule has 0 atom stereocenters. The molecule has 0 radical (unpaired) electrons. The SMILES string of the molecule is OCCNc1ccc(-c2nncn2-c2ccccc2)cc1. The van der Waals surface area contributed by atoms with Crippen molar-refractivity contribution < 1.29 is 5.11 Å². The highest BCUT2D eigenvalue weighted by Crippen LogP contribution is 2.22. The smallest absolute Gasteiger partial charge is 0.168 e. The number of aromatic nitrogens is 3. The summed E-state index contributed by atoms with van der Waals surface area (Å²) in [4.78, 5) is 0. The Morgan fingerprint density at radius 3 is 2.48 bits per heavy atom. The first kappa shape index (κ1) is 13.3. The van der Waals surface area contributed by atoms with Gasteiger partial charge < -0.3 is 10.4 Å². The maximum atomic E-state index is 8.81. The number of nitrogens with zero attached hydrogens (tertiary/aromatic N) is 3. The molecule has 0 amide bonds. The van der Waals surface area contributed by atoms with Crippen molar-refractivity contribution in [1.29, 1.82) is 0 Å². The molecule has 106 valence electrons. The van der Waals surface area contributed by atoms with E-state index in [1.165, 1.54) is 0 Å². The largest absolute Gasteiger partial charge is 0.395 e. The lowest BCUT2D eigenvalue weighted by Gasteiger charge is -2.08. The molecule has 2 aromatic carbocycles. The van der Waals surface area contributed by atoms with E-state index in [1.807, 2.05) is 59.2 Å². The highest BCUT2D eigenvalue weighted by atomic mass is 16.3. The molecular formula is C16H16N4O. The Hall–Kier alpha value is -2.66. The second kappa shape index (κ2) is 6.19. The Morgan fingerprint density at radius 1 is 1.00 bits per heavy atom. The van der Waals surface area contributed by atoms with Crippen LogP contribution in [0.4, 0.5) is 5.69 Å². The van der Waals surface area contributed by atoms with Gasteiger partial charge in [0.05, 0.1) is 6.61 Å². The van der Waals surface area contributed by atoms with Crippen molar-refractivity contribution in [2.24, 2.45) is 0 Å². The van der Waals surface area contributed by atoms with Crippen LogP contribution in [0.15, 0.2) is 60.9 Å². The van der Waals surface area contributed by atoms with Crippen LogP contribution in [0.25, 0.3) is 17.1 Å². The van der Waals surface area contributed by atoms with Crippen LogP contribution in [0.5, 0.6) is 0 Å². The second-order valence-corrected chi connectivity index (χ2v) is 4.59. The minimum absolute atomic E-state index is 0.115. The first-order valence-corrected chi connectivity index (χ1v) is 6.79. The normalized spacial score (nSPS) is 10.5. The Bertz CT molecular complexity index is 692. The molecule has 3 rings (SSSR count). The number of aliphatic hydroxyl groups is 1. The van der Waals surface area contributed by atoms with Gasteiger partial charge in [0.2, 0.25) is 0 Å². The van der Waals surface area contributed by atoms with Crippen LogP contribution < -0.4 is 5.32 Å². The molecule has 1 aromatic heterocycles. The van der Waals surface area contributed by atoms with Crippen molar-refractivity contribution >= 4 is 5.69 Å². The molecule has 2 N–H and O–H groups in total. The minimum atomic E-state index is 0.115. The van der Waals surface area contributed by atoms with Crippen molar-refractivity contribution in [3.8, 4) is 17.1 Å². The van der Waals surface area contributed by atoms with E-state index in [9.17, 15) is 0 Å². The van der Waals surface area contributed by atoms with E-state index in [4.69, 9.17) is 5.11 Å². The van der Waals surface area contributed by atoms with E-state index >= 15 is 0 Å². The summed E-state index contributed by atoms with van der Waals surface area (Å²) in [5.41, 5.74) is 2.99. The Balaban J connectivity index is 1.90. The minimum Gasteiger partial charge on any atom is -0.395 e. The summed E-state index contributed by atoms with van der Waals surface area (Å²) < 4.78 is 1.95. The molecule has 0 saturated heterocycles. The first-order chi connectivity index (χ1) is 10.4. The molecule has 0 aliphatic carbocycles. The molecule has 0 spiro atoms. The Kier molecular flexibility index (Phi) is 3.93. The van der Waals surface area contributed by atoms with Crippen LogP contribution in [-0.2, 0) is 0 Å². The molecular weight excluding hydrogens is 264 g/mol. The average molecular weight is 280 g/mol. The van der Waals surface area contributed by atoms with Gasteiger partial charge in [-0.15, -0.1) is 10.2 Å². The third-order valence-electron chi connectivity index (χ3n) is 3.17. The zero-order valence-corrected chi connectivity index (χ0v) is 11.5. The number of para-hydroxylation sites is 1. The molecule has 5 heteroatoms. The fraction of sp³-hybridized carbons (Fsp3) is 0.125. The predicted octanol–water partition coefficient (Wildman–Crippen LogP) is 2.34. The molecule has 5 nitrogen and oxygen atoms in total. The van der Waals surface area contributed by atoms with Gasteiger partial charge in [-0.3, -0.25) is 4.57 Å². The fourth-order valence-corrected chi connectivity index (χ4v) is 2.15. The van der Waals surface area contributed by atoms with Gasteiger partial charge in [-0.05, 0) is 36.4 Å². The van der Waals surface area contributed by atoms with Crippen LogP contribution in [0.3, 0.4) is 0 Å². The molecule has 1 heterocycles. The molecule has 3 aromatic rings. The number of hydrogen-bond acceptors (Lipinski definition) is 4. The summed E-state index contributed by atoms with van der Waals surface area (Å²) in [5.74, 6) is 0.801. The van der Waals surface area contributed by atoms with Gasteiger partial charge in [0.1, 0.15) is 6.33 Å². The molecule has 0 bridgehead atoms. The lowest BCUT2D eigenvalue weighted by molar-refractivity contribution is 0.311. The molecule has 0 fully saturated rings. The van der Waals surface area contributed by atoms with Crippen LogP contribution in [-0.4, -0.2) is 33.0 Å². The maximum Gasteiger partial charge on any atom is 0.168 e. The topological polar surface area (TPSA) is 63.0 Å². The number of rotatable bonds is 5. The van der Waals surface area contributed by atoms with Gasteiger partial charge in [0.25, 0.3) is 0 Å². The third kappa shape index (κ3) is 2.93. The standard InChI is InChI=1S/C16H16N4O/c21-11-10-17-14-8-6-13(7-9-14)16-19-18-12-20(16)15-4-2-1-3-5-15/h1-9,12,17,21H,10-11H2. The van der Waals surface area contributed by atoms with Crippen LogP contribution in [0.2, 0.25) is 0 Å². The predicted molar refractivity (Wildman–Crippen MR) is 82.4 cm³/mol. The maximum absolute atomic E-state index is 8.81. The molecule has 21 heavy (non-hydrogen) atoms. The van der Waals surface area contributed by atoms with E-state index in [-0.39, 0.29) is 6.61 Å². The summed E-state index contributed by atoms with van der Waals surface area (Å²) >= 11 is 0. The molecule has 0 saturated carbocycles. The zero-order chi connectivity index (χ0) is 14.5. The number of hydrogen-bond donors (Lipinski definition) is 2. The van der Waals surface area contributed by atoms with Gasteiger partial charge in [-0.2, -0.15) is 0 Å². The molecule has 0 unspecified atom stereocenters. The van der Waals surface area contributed by atoms with E-state index in [1.54, 1.807) is 6.33 Å². The summed E-state index contributed by atoms with van der Waals surface area (Å²) in [7, 11) is 0. The van der Waals surface area contributed by atoms with Crippen molar-refractivity contribution in [1.82, 2.24) is 14.8 Å². The van der Waals surface area contributed by atoms with E-state index in [2.05, 4.69) is 15.5 Å². The summed E-state index contributed by atoms with van der Waals surface area (Å²) in [6.07, 6.45) is 1.71. The van der Waals surface area contributed by atoms with E-state index in [0.717, 1.165) is 22.8 Å². The van der Waals surface area contributed by atoms with Crippen LogP contribution in [0.1, 0.15) is 0 Å². The number of nitrogens with one attached hydrogen (secondary N) is 1. The third-order valence-corrected chi connectivity index (χ3v) is 3.17. The van der Waals surface area contributed by atoms with Crippen molar-refractivity contribution in [3.05, 3.63) is 60.9 Å². The van der Waals surface area contributed by atoms with E-state index < -0.39 is 0 Å².